The van der Waals surface area contributed by atoms with E-state index < -0.39 is 0 Å². The Morgan fingerprint density at radius 2 is 2.00 bits per heavy atom. The summed E-state index contributed by atoms with van der Waals surface area (Å²) < 4.78 is 10.5. The van der Waals surface area contributed by atoms with Crippen molar-refractivity contribution in [3.8, 4) is 11.8 Å². The second-order valence-corrected chi connectivity index (χ2v) is 3.57. The van der Waals surface area contributed by atoms with E-state index in [1.165, 1.54) is 0 Å². The van der Waals surface area contributed by atoms with Gasteiger partial charge in [0.1, 0.15) is 6.61 Å². The molecule has 0 atom stereocenters. The number of rotatable bonds is 11. The lowest BCUT2D eigenvalue weighted by Crippen LogP contribution is -2.22. The number of hydrogen-bond donors (Lipinski definition) is 1. The van der Waals surface area contributed by atoms with Gasteiger partial charge >= 0.3 is 0 Å². The Balaban J connectivity index is 3.07. The van der Waals surface area contributed by atoms with Crippen molar-refractivity contribution >= 4 is 5.78 Å². The first-order valence-corrected chi connectivity index (χ1v) is 6.13. The number of nitrogens with one attached hydrogen (secondary N) is 1. The molecule has 0 aromatic carbocycles. The van der Waals surface area contributed by atoms with Gasteiger partial charge in [-0.15, -0.1) is 0 Å². The zero-order valence-electron chi connectivity index (χ0n) is 10.9. The molecule has 0 spiro atoms. The molecule has 4 nitrogen and oxygen atoms in total. The van der Waals surface area contributed by atoms with Crippen LogP contribution in [0.1, 0.15) is 26.7 Å². The molecule has 0 amide bonds. The fourth-order valence-corrected chi connectivity index (χ4v) is 1.16. The minimum absolute atomic E-state index is 0.0977. The Labute approximate surface area is 104 Å². The molecule has 0 bridgehead atoms. The third-order valence-corrected chi connectivity index (χ3v) is 1.91. The Morgan fingerprint density at radius 3 is 2.71 bits per heavy atom. The average molecular weight is 241 g/mol. The van der Waals surface area contributed by atoms with Crippen molar-refractivity contribution in [1.82, 2.24) is 5.32 Å². The second-order valence-electron chi connectivity index (χ2n) is 3.57. The lowest BCUT2D eigenvalue weighted by Gasteiger charge is -2.05. The number of ether oxygens (including phenoxy) is 2. The largest absolute Gasteiger partial charge is 0.380 e. The molecule has 0 saturated heterocycles. The third-order valence-electron chi connectivity index (χ3n) is 1.91. The Bertz CT molecular complexity index is 243. The van der Waals surface area contributed by atoms with E-state index in [2.05, 4.69) is 24.1 Å². The van der Waals surface area contributed by atoms with Crippen LogP contribution in [0.15, 0.2) is 0 Å². The van der Waals surface area contributed by atoms with Crippen molar-refractivity contribution < 1.29 is 14.3 Å². The van der Waals surface area contributed by atoms with E-state index in [0.717, 1.165) is 39.1 Å². The van der Waals surface area contributed by atoms with Crippen LogP contribution in [0.3, 0.4) is 0 Å². The number of hydrogen-bond acceptors (Lipinski definition) is 4. The Morgan fingerprint density at radius 1 is 1.18 bits per heavy atom. The summed E-state index contributed by atoms with van der Waals surface area (Å²) in [4.78, 5) is 10.9. The van der Waals surface area contributed by atoms with Gasteiger partial charge in [-0.1, -0.05) is 12.8 Å². The van der Waals surface area contributed by atoms with Crippen LogP contribution in [0, 0.1) is 11.8 Å². The smallest absolute Gasteiger partial charge is 0.231 e. The maximum atomic E-state index is 10.9. The zero-order chi connectivity index (χ0) is 12.8. The fourth-order valence-electron chi connectivity index (χ4n) is 1.16. The summed E-state index contributed by atoms with van der Waals surface area (Å²) >= 11 is 0. The first-order chi connectivity index (χ1) is 8.31. The van der Waals surface area contributed by atoms with Gasteiger partial charge in [0, 0.05) is 19.8 Å². The average Bonchev–Trinajstić information content (AvgIpc) is 2.32. The molecule has 4 heteroatoms. The van der Waals surface area contributed by atoms with E-state index in [1.54, 1.807) is 6.92 Å². The quantitative estimate of drug-likeness (QED) is 0.333. The van der Waals surface area contributed by atoms with E-state index in [-0.39, 0.29) is 12.4 Å². The van der Waals surface area contributed by atoms with Gasteiger partial charge in [0.2, 0.25) is 5.78 Å². The van der Waals surface area contributed by atoms with Crippen molar-refractivity contribution in [2.75, 3.05) is 39.5 Å². The second kappa shape index (κ2) is 13.2. The molecule has 0 radical (unpaired) electrons. The first kappa shape index (κ1) is 16.1. The van der Waals surface area contributed by atoms with Crippen LogP contribution < -0.4 is 5.32 Å². The maximum absolute atomic E-state index is 10.9. The van der Waals surface area contributed by atoms with Crippen LogP contribution in [0.25, 0.3) is 0 Å². The predicted octanol–water partition coefficient (Wildman–Crippen LogP) is 1.00. The van der Waals surface area contributed by atoms with Gasteiger partial charge in [0.05, 0.1) is 6.61 Å². The van der Waals surface area contributed by atoms with Crippen LogP contribution in [-0.4, -0.2) is 45.3 Å². The summed E-state index contributed by atoms with van der Waals surface area (Å²) in [6, 6.07) is 0. The molecular formula is C13H23NO3. The van der Waals surface area contributed by atoms with Gasteiger partial charge in [-0.25, -0.2) is 0 Å². The number of ketones is 1. The van der Waals surface area contributed by atoms with E-state index >= 15 is 0 Å². The molecule has 0 heterocycles. The summed E-state index contributed by atoms with van der Waals surface area (Å²) in [5.74, 6) is 4.82. The molecule has 17 heavy (non-hydrogen) atoms. The molecule has 0 rings (SSSR count). The van der Waals surface area contributed by atoms with Crippen LogP contribution in [0.2, 0.25) is 0 Å². The summed E-state index contributed by atoms with van der Waals surface area (Å²) in [7, 11) is 0. The van der Waals surface area contributed by atoms with Gasteiger partial charge in [-0.05, 0) is 32.2 Å². The Hall–Kier alpha value is -0.890. The Kier molecular flexibility index (Phi) is 12.5. The molecule has 98 valence electrons. The molecule has 0 aromatic rings. The van der Waals surface area contributed by atoms with Crippen molar-refractivity contribution in [3.05, 3.63) is 0 Å². The van der Waals surface area contributed by atoms with Gasteiger partial charge in [-0.2, -0.15) is 0 Å². The lowest BCUT2D eigenvalue weighted by atomic mass is 10.4. The molecule has 0 saturated carbocycles. The molecular weight excluding hydrogens is 218 g/mol. The van der Waals surface area contributed by atoms with Crippen LogP contribution in [-0.2, 0) is 14.3 Å². The summed E-state index contributed by atoms with van der Waals surface area (Å²) in [6.07, 6.45) is 1.95. The minimum Gasteiger partial charge on any atom is -0.380 e. The highest BCUT2D eigenvalue weighted by Crippen LogP contribution is 1.83. The first-order valence-electron chi connectivity index (χ1n) is 6.13. The van der Waals surface area contributed by atoms with E-state index in [0.29, 0.717) is 6.61 Å². The molecule has 0 aromatic heterocycles. The van der Waals surface area contributed by atoms with Crippen LogP contribution >= 0.6 is 0 Å². The lowest BCUT2D eigenvalue weighted by molar-refractivity contribution is -0.118. The summed E-state index contributed by atoms with van der Waals surface area (Å²) in [6.45, 7) is 7.73. The monoisotopic (exact) mass is 241 g/mol. The van der Waals surface area contributed by atoms with Crippen LogP contribution in [0.5, 0.6) is 0 Å². The molecule has 0 unspecified atom stereocenters. The van der Waals surface area contributed by atoms with Gasteiger partial charge in [0.25, 0.3) is 0 Å². The number of Topliss-reactive ketones (excluding diaryl/α,β-unsaturated/α-hetero) is 1. The highest BCUT2D eigenvalue weighted by Gasteiger charge is 1.96. The molecule has 0 aliphatic heterocycles. The van der Waals surface area contributed by atoms with Gasteiger partial charge in [0.15, 0.2) is 0 Å². The normalized spacial score (nSPS) is 9.76. The molecule has 1 N–H and O–H groups in total. The van der Waals surface area contributed by atoms with Gasteiger partial charge < -0.3 is 14.8 Å². The van der Waals surface area contributed by atoms with Crippen molar-refractivity contribution in [3.63, 3.8) is 0 Å². The van der Waals surface area contributed by atoms with E-state index in [9.17, 15) is 4.79 Å². The van der Waals surface area contributed by atoms with Crippen LogP contribution in [0.4, 0.5) is 0 Å². The highest BCUT2D eigenvalue weighted by molar-refractivity contribution is 5.96. The predicted molar refractivity (Wildman–Crippen MR) is 67.9 cm³/mol. The van der Waals surface area contributed by atoms with E-state index in [4.69, 9.17) is 9.47 Å². The van der Waals surface area contributed by atoms with Gasteiger partial charge in [-0.3, -0.25) is 4.79 Å². The summed E-state index contributed by atoms with van der Waals surface area (Å²) in [5, 5.41) is 3.24. The highest BCUT2D eigenvalue weighted by atomic mass is 16.5. The number of carbonyl (C=O) groups excluding carboxylic acids is 1. The summed E-state index contributed by atoms with van der Waals surface area (Å²) in [5.41, 5.74) is 0. The number of carbonyl (C=O) groups is 1. The molecule has 0 aliphatic carbocycles. The maximum Gasteiger partial charge on any atom is 0.231 e. The molecule has 0 aliphatic rings. The standard InChI is InChI=1S/C13H23NO3/c1-3-6-13(15)12-17-10-5-7-14-8-11-16-9-4-2/h14H,4-5,7-12H2,1-2H3. The van der Waals surface area contributed by atoms with Crippen molar-refractivity contribution in [1.29, 1.82) is 0 Å². The third kappa shape index (κ3) is 13.0. The SMILES string of the molecule is CC#CC(=O)COCCCNCCOCCC. The molecule has 0 fully saturated rings. The van der Waals surface area contributed by atoms with Crippen molar-refractivity contribution in [2.24, 2.45) is 0 Å². The topological polar surface area (TPSA) is 47.6 Å². The fraction of sp³-hybridized carbons (Fsp3) is 0.769. The van der Waals surface area contributed by atoms with E-state index in [1.807, 2.05) is 0 Å². The van der Waals surface area contributed by atoms with Crippen molar-refractivity contribution in [2.45, 2.75) is 26.7 Å². The zero-order valence-corrected chi connectivity index (χ0v) is 10.9. The minimum atomic E-state index is -0.159.